The summed E-state index contributed by atoms with van der Waals surface area (Å²) in [5.41, 5.74) is 1.47. The van der Waals surface area contributed by atoms with Crippen molar-refractivity contribution in [2.24, 2.45) is 11.8 Å². The summed E-state index contributed by atoms with van der Waals surface area (Å²) < 4.78 is 34.5. The van der Waals surface area contributed by atoms with Crippen LogP contribution >= 0.6 is 11.6 Å². The van der Waals surface area contributed by atoms with Gasteiger partial charge >= 0.3 is 0 Å². The molecule has 0 spiro atoms. The van der Waals surface area contributed by atoms with Crippen LogP contribution in [0.1, 0.15) is 43.2 Å². The van der Waals surface area contributed by atoms with Crippen LogP contribution in [0, 0.1) is 34.8 Å². The molecule has 1 aliphatic heterocycles. The van der Waals surface area contributed by atoms with Crippen LogP contribution in [0.25, 0.3) is 0 Å². The molecule has 180 valence electrons. The van der Waals surface area contributed by atoms with Gasteiger partial charge < -0.3 is 15.4 Å². The average Bonchev–Trinajstić information content (AvgIpc) is 3.24. The summed E-state index contributed by atoms with van der Waals surface area (Å²) in [4.78, 5) is 4.26. The fraction of sp³-hybridized carbons (Fsp3) is 0.333. The normalized spacial score (nSPS) is 17.5. The zero-order valence-electron chi connectivity index (χ0n) is 19.0. The monoisotopic (exact) mass is 494 g/mol. The number of benzene rings is 2. The highest BCUT2D eigenvalue weighted by Gasteiger charge is 2.49. The van der Waals surface area contributed by atoms with Crippen molar-refractivity contribution in [2.45, 2.75) is 37.8 Å². The predicted molar refractivity (Wildman–Crippen MR) is 131 cm³/mol. The molecular formula is C27H25ClF2N4O. The number of nitriles is 1. The molecule has 2 N–H and O–H groups in total. The Hall–Kier alpha value is -3.37. The van der Waals surface area contributed by atoms with Gasteiger partial charge in [0.25, 0.3) is 0 Å². The number of rotatable bonds is 6. The van der Waals surface area contributed by atoms with Crippen LogP contribution in [0.4, 0.5) is 20.2 Å². The average molecular weight is 495 g/mol. The van der Waals surface area contributed by atoms with Crippen LogP contribution in [-0.4, -0.2) is 11.6 Å². The first-order valence-electron chi connectivity index (χ1n) is 11.8. The van der Waals surface area contributed by atoms with Crippen LogP contribution in [0.5, 0.6) is 5.88 Å². The van der Waals surface area contributed by atoms with Crippen LogP contribution in [0.15, 0.2) is 54.7 Å². The Balaban J connectivity index is 1.55. The number of hydrogen-bond donors (Lipinski definition) is 2. The minimum Gasteiger partial charge on any atom is -0.477 e. The van der Waals surface area contributed by atoms with Crippen LogP contribution in [0.2, 0.25) is 5.02 Å². The molecule has 2 aliphatic rings. The standard InChI is InChI=1S/C27H25ClF2N4O/c28-20-9-7-19(8-10-20)27(33-24-12-22(29)23(30)13-25(24)34-27)21(18-4-2-1-3-5-18)16-35-26-11-6-17(14-31)15-32-26/h6-13,15,18,21,33-34H,1-5,16H2. The molecule has 2 aromatic carbocycles. The molecular weight excluding hydrogens is 470 g/mol. The summed E-state index contributed by atoms with van der Waals surface area (Å²) in [5, 5.41) is 16.7. The molecule has 1 fully saturated rings. The van der Waals surface area contributed by atoms with Gasteiger partial charge in [-0.1, -0.05) is 43.0 Å². The molecule has 1 aromatic heterocycles. The van der Waals surface area contributed by atoms with Crippen molar-refractivity contribution in [2.75, 3.05) is 17.2 Å². The lowest BCUT2D eigenvalue weighted by Gasteiger charge is -2.44. The number of nitrogens with zero attached hydrogens (tertiary/aromatic N) is 2. The molecule has 8 heteroatoms. The smallest absolute Gasteiger partial charge is 0.213 e. The van der Waals surface area contributed by atoms with E-state index in [9.17, 15) is 8.78 Å². The number of ether oxygens (including phenoxy) is 1. The first-order valence-corrected chi connectivity index (χ1v) is 12.2. The molecule has 1 atom stereocenters. The summed E-state index contributed by atoms with van der Waals surface area (Å²) in [6.07, 6.45) is 6.94. The van der Waals surface area contributed by atoms with Gasteiger partial charge in [0.05, 0.1) is 23.5 Å². The highest BCUT2D eigenvalue weighted by atomic mass is 35.5. The Morgan fingerprint density at radius 2 is 1.69 bits per heavy atom. The lowest BCUT2D eigenvalue weighted by molar-refractivity contribution is 0.110. The Morgan fingerprint density at radius 3 is 2.26 bits per heavy atom. The van der Waals surface area contributed by atoms with E-state index in [-0.39, 0.29) is 5.92 Å². The number of halogens is 3. The van der Waals surface area contributed by atoms with E-state index in [1.54, 1.807) is 12.1 Å². The maximum atomic E-state index is 14.2. The van der Waals surface area contributed by atoms with Crippen molar-refractivity contribution in [1.82, 2.24) is 4.98 Å². The van der Waals surface area contributed by atoms with Gasteiger partial charge in [-0.05, 0) is 42.5 Å². The van der Waals surface area contributed by atoms with Crippen molar-refractivity contribution >= 4 is 23.0 Å². The quantitative estimate of drug-likeness (QED) is 0.392. The molecule has 5 rings (SSSR count). The SMILES string of the molecule is N#Cc1ccc(OCC(C2CCCCC2)C2(c3ccc(Cl)cc3)Nc3cc(F)c(F)cc3N2)nc1. The maximum Gasteiger partial charge on any atom is 0.213 e. The second-order valence-electron chi connectivity index (χ2n) is 9.19. The fourth-order valence-electron chi connectivity index (χ4n) is 5.32. The molecule has 2 heterocycles. The third-order valence-corrected chi connectivity index (χ3v) is 7.33. The van der Waals surface area contributed by atoms with E-state index in [1.807, 2.05) is 24.3 Å². The molecule has 0 amide bonds. The Labute approximate surface area is 208 Å². The van der Waals surface area contributed by atoms with E-state index in [1.165, 1.54) is 24.8 Å². The van der Waals surface area contributed by atoms with Crippen molar-refractivity contribution < 1.29 is 13.5 Å². The second kappa shape index (κ2) is 9.71. The minimum absolute atomic E-state index is 0.111. The van der Waals surface area contributed by atoms with Crippen molar-refractivity contribution in [1.29, 1.82) is 5.26 Å². The van der Waals surface area contributed by atoms with Gasteiger partial charge in [-0.3, -0.25) is 0 Å². The molecule has 0 bridgehead atoms. The van der Waals surface area contributed by atoms with E-state index >= 15 is 0 Å². The van der Waals surface area contributed by atoms with Gasteiger partial charge in [0.2, 0.25) is 5.88 Å². The third kappa shape index (κ3) is 4.63. The molecule has 1 aliphatic carbocycles. The zero-order chi connectivity index (χ0) is 24.4. The van der Waals surface area contributed by atoms with Gasteiger partial charge in [-0.25, -0.2) is 13.8 Å². The predicted octanol–water partition coefficient (Wildman–Crippen LogP) is 6.85. The first kappa shape index (κ1) is 23.4. The number of fused-ring (bicyclic) bond motifs is 1. The van der Waals surface area contributed by atoms with Crippen LogP contribution in [0.3, 0.4) is 0 Å². The maximum absolute atomic E-state index is 14.2. The van der Waals surface area contributed by atoms with Gasteiger partial charge in [0.1, 0.15) is 11.7 Å². The van der Waals surface area contributed by atoms with Crippen molar-refractivity contribution in [3.05, 3.63) is 82.5 Å². The second-order valence-corrected chi connectivity index (χ2v) is 9.63. The van der Waals surface area contributed by atoms with Gasteiger partial charge in [0.15, 0.2) is 11.6 Å². The largest absolute Gasteiger partial charge is 0.477 e. The molecule has 5 nitrogen and oxygen atoms in total. The van der Waals surface area contributed by atoms with Gasteiger partial charge in [-0.2, -0.15) is 5.26 Å². The Bertz CT molecular complexity index is 1210. The van der Waals surface area contributed by atoms with Gasteiger partial charge in [-0.15, -0.1) is 0 Å². The minimum atomic E-state index is -0.905. The molecule has 3 aromatic rings. The van der Waals surface area contributed by atoms with E-state index in [2.05, 4.69) is 21.7 Å². The molecule has 1 unspecified atom stereocenters. The molecule has 1 saturated carbocycles. The molecule has 35 heavy (non-hydrogen) atoms. The van der Waals surface area contributed by atoms with Crippen molar-refractivity contribution in [3.8, 4) is 11.9 Å². The number of nitrogens with one attached hydrogen (secondary N) is 2. The summed E-state index contributed by atoms with van der Waals surface area (Å²) in [6.45, 7) is 0.311. The first-order chi connectivity index (χ1) is 17.0. The summed E-state index contributed by atoms with van der Waals surface area (Å²) in [6, 6.07) is 15.3. The van der Waals surface area contributed by atoms with Crippen molar-refractivity contribution in [3.63, 3.8) is 0 Å². The fourth-order valence-corrected chi connectivity index (χ4v) is 5.45. The highest BCUT2D eigenvalue weighted by Crippen LogP contribution is 2.49. The number of hydrogen-bond acceptors (Lipinski definition) is 5. The van der Waals surface area contributed by atoms with Crippen LogP contribution < -0.4 is 15.4 Å². The topological polar surface area (TPSA) is 70.0 Å². The Morgan fingerprint density at radius 1 is 1.03 bits per heavy atom. The lowest BCUT2D eigenvalue weighted by atomic mass is 9.72. The summed E-state index contributed by atoms with van der Waals surface area (Å²) in [5.74, 6) is -1.21. The lowest BCUT2D eigenvalue weighted by Crippen LogP contribution is -2.51. The molecule has 0 saturated heterocycles. The third-order valence-electron chi connectivity index (χ3n) is 7.07. The van der Waals surface area contributed by atoms with E-state index in [4.69, 9.17) is 21.6 Å². The zero-order valence-corrected chi connectivity index (χ0v) is 19.8. The Kier molecular flexibility index (Phi) is 6.48. The number of aromatic nitrogens is 1. The van der Waals surface area contributed by atoms with E-state index in [0.717, 1.165) is 31.2 Å². The summed E-state index contributed by atoms with van der Waals surface area (Å²) >= 11 is 6.19. The number of anilines is 2. The summed E-state index contributed by atoms with van der Waals surface area (Å²) in [7, 11) is 0. The number of pyridine rings is 1. The van der Waals surface area contributed by atoms with Crippen LogP contribution in [-0.2, 0) is 5.66 Å². The highest BCUT2D eigenvalue weighted by molar-refractivity contribution is 6.30. The molecule has 0 radical (unpaired) electrons. The van der Waals surface area contributed by atoms with Gasteiger partial charge in [0, 0.05) is 35.3 Å². The van der Waals surface area contributed by atoms with E-state index in [0.29, 0.717) is 40.4 Å². The van der Waals surface area contributed by atoms with E-state index < -0.39 is 17.3 Å².